The minimum absolute atomic E-state index is 0.0309. The molecule has 1 aromatic heterocycles. The van der Waals surface area contributed by atoms with Crippen LogP contribution in [0.15, 0.2) is 35.1 Å². The van der Waals surface area contributed by atoms with Crippen molar-refractivity contribution in [3.8, 4) is 17.2 Å². The number of nitrogens with zero attached hydrogens (tertiary/aromatic N) is 2. The predicted octanol–water partition coefficient (Wildman–Crippen LogP) is 2.81. The molecule has 6 heteroatoms. The molecule has 0 aliphatic heterocycles. The average Bonchev–Trinajstić information content (AvgIpc) is 3.10. The summed E-state index contributed by atoms with van der Waals surface area (Å²) in [6.45, 7) is 2.23. The SMILES string of the molecule is C[C@H]1CCCC[C@@H]1NC(=O)COc1ccc(-c2nnco2)cc1. The quantitative estimate of drug-likeness (QED) is 0.918. The fraction of sp³-hybridized carbons (Fsp3) is 0.471. The molecular weight excluding hydrogens is 294 g/mol. The second-order valence-electron chi connectivity index (χ2n) is 5.99. The van der Waals surface area contributed by atoms with Gasteiger partial charge in [-0.15, -0.1) is 10.2 Å². The first-order valence-corrected chi connectivity index (χ1v) is 8.01. The van der Waals surface area contributed by atoms with Gasteiger partial charge in [-0.05, 0) is 43.0 Å². The van der Waals surface area contributed by atoms with Gasteiger partial charge >= 0.3 is 0 Å². The molecule has 1 aliphatic carbocycles. The third-order valence-corrected chi connectivity index (χ3v) is 4.29. The van der Waals surface area contributed by atoms with Gasteiger partial charge in [0.1, 0.15) is 5.75 Å². The van der Waals surface area contributed by atoms with Gasteiger partial charge in [0.25, 0.3) is 5.91 Å². The molecule has 1 amide bonds. The van der Waals surface area contributed by atoms with Gasteiger partial charge < -0.3 is 14.5 Å². The summed E-state index contributed by atoms with van der Waals surface area (Å²) >= 11 is 0. The van der Waals surface area contributed by atoms with Gasteiger partial charge in [0.15, 0.2) is 6.61 Å². The molecule has 0 unspecified atom stereocenters. The summed E-state index contributed by atoms with van der Waals surface area (Å²) in [5, 5.41) is 10.6. The van der Waals surface area contributed by atoms with Gasteiger partial charge in [0.2, 0.25) is 12.3 Å². The van der Waals surface area contributed by atoms with Crippen LogP contribution in [0.1, 0.15) is 32.6 Å². The summed E-state index contributed by atoms with van der Waals surface area (Å²) in [5.41, 5.74) is 0.815. The second-order valence-corrected chi connectivity index (χ2v) is 5.99. The van der Waals surface area contributed by atoms with E-state index in [0.29, 0.717) is 17.6 Å². The molecule has 6 nitrogen and oxygen atoms in total. The number of rotatable bonds is 5. The maximum atomic E-state index is 12.0. The summed E-state index contributed by atoms with van der Waals surface area (Å²) in [4.78, 5) is 12.0. The molecule has 2 aromatic rings. The summed E-state index contributed by atoms with van der Waals surface area (Å²) in [6, 6.07) is 7.50. The minimum Gasteiger partial charge on any atom is -0.484 e. The van der Waals surface area contributed by atoms with Crippen molar-refractivity contribution in [3.63, 3.8) is 0 Å². The van der Waals surface area contributed by atoms with Crippen LogP contribution in [0, 0.1) is 5.92 Å². The predicted molar refractivity (Wildman–Crippen MR) is 84.8 cm³/mol. The Balaban J connectivity index is 1.49. The van der Waals surface area contributed by atoms with Crippen molar-refractivity contribution < 1.29 is 13.9 Å². The van der Waals surface area contributed by atoms with Crippen LogP contribution in [0.4, 0.5) is 0 Å². The smallest absolute Gasteiger partial charge is 0.258 e. The topological polar surface area (TPSA) is 77.2 Å². The maximum Gasteiger partial charge on any atom is 0.258 e. The van der Waals surface area contributed by atoms with Crippen LogP contribution < -0.4 is 10.1 Å². The highest BCUT2D eigenvalue weighted by Gasteiger charge is 2.22. The Morgan fingerprint density at radius 3 is 2.78 bits per heavy atom. The van der Waals surface area contributed by atoms with Gasteiger partial charge in [-0.2, -0.15) is 0 Å². The fourth-order valence-electron chi connectivity index (χ4n) is 2.92. The number of hydrogen-bond acceptors (Lipinski definition) is 5. The Hall–Kier alpha value is -2.37. The van der Waals surface area contributed by atoms with Crippen LogP contribution in [0.2, 0.25) is 0 Å². The van der Waals surface area contributed by atoms with Crippen molar-refractivity contribution in [2.75, 3.05) is 6.61 Å². The van der Waals surface area contributed by atoms with Crippen molar-refractivity contribution in [1.29, 1.82) is 0 Å². The first-order valence-electron chi connectivity index (χ1n) is 8.01. The molecule has 1 fully saturated rings. The maximum absolute atomic E-state index is 12.0. The molecule has 122 valence electrons. The zero-order chi connectivity index (χ0) is 16.1. The molecule has 2 atom stereocenters. The van der Waals surface area contributed by atoms with E-state index in [-0.39, 0.29) is 18.6 Å². The van der Waals surface area contributed by atoms with E-state index >= 15 is 0 Å². The lowest BCUT2D eigenvalue weighted by Crippen LogP contribution is -2.43. The summed E-state index contributed by atoms with van der Waals surface area (Å²) < 4.78 is 10.7. The van der Waals surface area contributed by atoms with Gasteiger partial charge in [-0.25, -0.2) is 0 Å². The van der Waals surface area contributed by atoms with Gasteiger partial charge in [0, 0.05) is 11.6 Å². The molecule has 0 saturated heterocycles. The number of benzene rings is 1. The Kier molecular flexibility index (Phi) is 4.90. The molecule has 0 bridgehead atoms. The molecule has 1 aromatic carbocycles. The Morgan fingerprint density at radius 2 is 2.09 bits per heavy atom. The van der Waals surface area contributed by atoms with Gasteiger partial charge in [-0.3, -0.25) is 4.79 Å². The van der Waals surface area contributed by atoms with Gasteiger partial charge in [-0.1, -0.05) is 19.8 Å². The number of hydrogen-bond donors (Lipinski definition) is 1. The lowest BCUT2D eigenvalue weighted by atomic mass is 9.86. The third kappa shape index (κ3) is 4.09. The van der Waals surface area contributed by atoms with E-state index in [0.717, 1.165) is 12.0 Å². The van der Waals surface area contributed by atoms with Crippen molar-refractivity contribution in [1.82, 2.24) is 15.5 Å². The number of aromatic nitrogens is 2. The minimum atomic E-state index is -0.0651. The van der Waals surface area contributed by atoms with E-state index < -0.39 is 0 Å². The molecular formula is C17H21N3O3. The number of nitrogens with one attached hydrogen (secondary N) is 1. The highest BCUT2D eigenvalue weighted by molar-refractivity contribution is 5.77. The molecule has 0 radical (unpaired) electrons. The largest absolute Gasteiger partial charge is 0.484 e. The standard InChI is InChI=1S/C17H21N3O3/c1-12-4-2-3-5-15(12)19-16(21)10-22-14-8-6-13(7-9-14)17-20-18-11-23-17/h6-9,11-12,15H,2-5,10H2,1H3,(H,19,21)/t12-,15-/m0/s1. The van der Waals surface area contributed by atoms with E-state index in [1.54, 1.807) is 12.1 Å². The zero-order valence-corrected chi connectivity index (χ0v) is 13.2. The summed E-state index contributed by atoms with van der Waals surface area (Å²) in [7, 11) is 0. The first kappa shape index (κ1) is 15.5. The van der Waals surface area contributed by atoms with Crippen molar-refractivity contribution >= 4 is 5.91 Å². The molecule has 1 N–H and O–H groups in total. The molecule has 0 spiro atoms. The van der Waals surface area contributed by atoms with E-state index in [4.69, 9.17) is 9.15 Å². The molecule has 1 saturated carbocycles. The second kappa shape index (κ2) is 7.26. The molecule has 1 heterocycles. The summed E-state index contributed by atoms with van der Waals surface area (Å²) in [5.74, 6) is 1.58. The fourth-order valence-corrected chi connectivity index (χ4v) is 2.92. The zero-order valence-electron chi connectivity index (χ0n) is 13.2. The lowest BCUT2D eigenvalue weighted by Gasteiger charge is -2.29. The van der Waals surface area contributed by atoms with Crippen LogP contribution in [-0.4, -0.2) is 28.8 Å². The number of carbonyl (C=O) groups is 1. The first-order chi connectivity index (χ1) is 11.2. The monoisotopic (exact) mass is 315 g/mol. The van der Waals surface area contributed by atoms with Crippen LogP contribution in [0.25, 0.3) is 11.5 Å². The average molecular weight is 315 g/mol. The Morgan fingerprint density at radius 1 is 1.30 bits per heavy atom. The van der Waals surface area contributed by atoms with E-state index in [9.17, 15) is 4.79 Å². The van der Waals surface area contributed by atoms with Crippen molar-refractivity contribution in [2.24, 2.45) is 5.92 Å². The molecule has 3 rings (SSSR count). The van der Waals surface area contributed by atoms with Crippen molar-refractivity contribution in [2.45, 2.75) is 38.6 Å². The normalized spacial score (nSPS) is 20.9. The van der Waals surface area contributed by atoms with Crippen molar-refractivity contribution in [3.05, 3.63) is 30.7 Å². The molecule has 23 heavy (non-hydrogen) atoms. The van der Waals surface area contributed by atoms with Gasteiger partial charge in [0.05, 0.1) is 0 Å². The lowest BCUT2D eigenvalue weighted by molar-refractivity contribution is -0.124. The van der Waals surface area contributed by atoms with Crippen LogP contribution in [0.3, 0.4) is 0 Å². The highest BCUT2D eigenvalue weighted by Crippen LogP contribution is 2.24. The van der Waals surface area contributed by atoms with Crippen LogP contribution in [-0.2, 0) is 4.79 Å². The van der Waals surface area contributed by atoms with E-state index in [2.05, 4.69) is 22.4 Å². The summed E-state index contributed by atoms with van der Waals surface area (Å²) in [6.07, 6.45) is 5.98. The van der Waals surface area contributed by atoms with E-state index in [1.165, 1.54) is 25.7 Å². The molecule has 1 aliphatic rings. The number of ether oxygens (including phenoxy) is 1. The van der Waals surface area contributed by atoms with Crippen LogP contribution in [0.5, 0.6) is 5.75 Å². The van der Waals surface area contributed by atoms with E-state index in [1.807, 2.05) is 12.1 Å². The highest BCUT2D eigenvalue weighted by atomic mass is 16.5. The van der Waals surface area contributed by atoms with Crippen LogP contribution >= 0.6 is 0 Å². The Labute approximate surface area is 135 Å². The third-order valence-electron chi connectivity index (χ3n) is 4.29. The number of carbonyl (C=O) groups excluding carboxylic acids is 1. The number of amides is 1. The Bertz CT molecular complexity index is 625.